The summed E-state index contributed by atoms with van der Waals surface area (Å²) in [6, 6.07) is 7.43. The first kappa shape index (κ1) is 16.0. The molecule has 1 heterocycles. The van der Waals surface area contributed by atoms with Crippen molar-refractivity contribution in [3.05, 3.63) is 34.3 Å². The van der Waals surface area contributed by atoms with E-state index in [0.29, 0.717) is 26.1 Å². The molecular formula is C15H18BrNO4. The molecule has 0 atom stereocenters. The Morgan fingerprint density at radius 1 is 1.29 bits per heavy atom. The molecule has 1 aromatic carbocycles. The van der Waals surface area contributed by atoms with Crippen molar-refractivity contribution in [2.75, 3.05) is 19.8 Å². The van der Waals surface area contributed by atoms with Gasteiger partial charge in [0, 0.05) is 23.7 Å². The maximum atomic E-state index is 12.5. The first-order valence-corrected chi connectivity index (χ1v) is 7.69. The first-order chi connectivity index (χ1) is 10.1. The minimum absolute atomic E-state index is 0.0511. The number of carboxylic acids is 1. The lowest BCUT2D eigenvalue weighted by molar-refractivity contribution is -0.147. The van der Waals surface area contributed by atoms with Crippen LogP contribution in [0.1, 0.15) is 18.4 Å². The summed E-state index contributed by atoms with van der Waals surface area (Å²) in [6.45, 7) is 0.889. The van der Waals surface area contributed by atoms with Crippen LogP contribution in [0.15, 0.2) is 28.7 Å². The van der Waals surface area contributed by atoms with Gasteiger partial charge < -0.3 is 14.7 Å². The van der Waals surface area contributed by atoms with Crippen LogP contribution >= 0.6 is 15.9 Å². The van der Waals surface area contributed by atoms with Crippen molar-refractivity contribution in [3.63, 3.8) is 0 Å². The molecule has 0 unspecified atom stereocenters. The van der Waals surface area contributed by atoms with Crippen LogP contribution in [0.3, 0.4) is 0 Å². The largest absolute Gasteiger partial charge is 0.480 e. The molecule has 1 aromatic rings. The number of aliphatic carboxylic acids is 1. The maximum absolute atomic E-state index is 12.5. The third-order valence-corrected chi connectivity index (χ3v) is 4.33. The third kappa shape index (κ3) is 4.54. The van der Waals surface area contributed by atoms with Gasteiger partial charge in [0.1, 0.15) is 6.54 Å². The molecule has 6 heteroatoms. The number of hydrogen-bond donors (Lipinski definition) is 1. The topological polar surface area (TPSA) is 66.8 Å². The Hall–Kier alpha value is -1.40. The van der Waals surface area contributed by atoms with Gasteiger partial charge in [0.05, 0.1) is 6.42 Å². The number of carbonyl (C=O) groups is 2. The van der Waals surface area contributed by atoms with Crippen molar-refractivity contribution < 1.29 is 19.4 Å². The van der Waals surface area contributed by atoms with E-state index in [4.69, 9.17) is 9.84 Å². The summed E-state index contributed by atoms with van der Waals surface area (Å²) in [5.41, 5.74) is 0.866. The summed E-state index contributed by atoms with van der Waals surface area (Å²) in [5.74, 6) is -1.14. The number of nitrogens with zero attached hydrogens (tertiary/aromatic N) is 1. The molecule has 0 radical (unpaired) electrons. The normalized spacial score (nSPS) is 15.7. The van der Waals surface area contributed by atoms with Gasteiger partial charge in [-0.25, -0.2) is 0 Å². The lowest BCUT2D eigenvalue weighted by Gasteiger charge is -2.33. The summed E-state index contributed by atoms with van der Waals surface area (Å²) in [6.07, 6.45) is 1.58. The summed E-state index contributed by atoms with van der Waals surface area (Å²) >= 11 is 3.41. The lowest BCUT2D eigenvalue weighted by atomic mass is 10.0. The Kier molecular flexibility index (Phi) is 5.76. The van der Waals surface area contributed by atoms with Gasteiger partial charge in [-0.1, -0.05) is 34.1 Å². The van der Waals surface area contributed by atoms with Crippen LogP contribution < -0.4 is 0 Å². The SMILES string of the molecule is O=C(O)CN(C(=O)Cc1ccccc1Br)C1CCOCC1. The number of ether oxygens (including phenoxy) is 1. The van der Waals surface area contributed by atoms with Gasteiger partial charge in [-0.05, 0) is 24.5 Å². The molecule has 1 amide bonds. The Morgan fingerprint density at radius 2 is 1.95 bits per heavy atom. The highest BCUT2D eigenvalue weighted by Gasteiger charge is 2.27. The van der Waals surface area contributed by atoms with Crippen LogP contribution in [-0.4, -0.2) is 47.7 Å². The van der Waals surface area contributed by atoms with Gasteiger partial charge in [0.2, 0.25) is 5.91 Å². The summed E-state index contributed by atoms with van der Waals surface area (Å²) in [7, 11) is 0. The second-order valence-corrected chi connectivity index (χ2v) is 5.88. The van der Waals surface area contributed by atoms with Gasteiger partial charge in [-0.2, -0.15) is 0 Å². The van der Waals surface area contributed by atoms with Crippen LogP contribution in [0.4, 0.5) is 0 Å². The van der Waals surface area contributed by atoms with Crippen molar-refractivity contribution in [2.24, 2.45) is 0 Å². The van der Waals surface area contributed by atoms with Crippen LogP contribution in [0.2, 0.25) is 0 Å². The monoisotopic (exact) mass is 355 g/mol. The Labute approximate surface area is 132 Å². The smallest absolute Gasteiger partial charge is 0.323 e. The molecule has 0 saturated carbocycles. The van der Waals surface area contributed by atoms with Crippen LogP contribution in [0.25, 0.3) is 0 Å². The van der Waals surface area contributed by atoms with Crippen molar-refractivity contribution in [2.45, 2.75) is 25.3 Å². The maximum Gasteiger partial charge on any atom is 0.323 e. The average molecular weight is 356 g/mol. The first-order valence-electron chi connectivity index (χ1n) is 6.90. The number of benzene rings is 1. The van der Waals surface area contributed by atoms with E-state index < -0.39 is 5.97 Å². The number of rotatable bonds is 5. The highest BCUT2D eigenvalue weighted by Crippen LogP contribution is 2.20. The summed E-state index contributed by atoms with van der Waals surface area (Å²) < 4.78 is 6.14. The number of amides is 1. The van der Waals surface area contributed by atoms with E-state index in [1.807, 2.05) is 24.3 Å². The van der Waals surface area contributed by atoms with Gasteiger partial charge in [0.15, 0.2) is 0 Å². The fourth-order valence-electron chi connectivity index (χ4n) is 2.47. The van der Waals surface area contributed by atoms with Crippen molar-refractivity contribution in [3.8, 4) is 0 Å². The Bertz CT molecular complexity index is 514. The zero-order chi connectivity index (χ0) is 15.2. The molecule has 114 valence electrons. The molecule has 0 bridgehead atoms. The van der Waals surface area contributed by atoms with E-state index in [1.165, 1.54) is 4.90 Å². The second-order valence-electron chi connectivity index (χ2n) is 5.03. The number of carbonyl (C=O) groups excluding carboxylic acids is 1. The van der Waals surface area contributed by atoms with Gasteiger partial charge in [0.25, 0.3) is 0 Å². The molecule has 1 aliphatic heterocycles. The number of hydrogen-bond acceptors (Lipinski definition) is 3. The van der Waals surface area contributed by atoms with Crippen LogP contribution in [0.5, 0.6) is 0 Å². The molecule has 1 aliphatic rings. The molecule has 0 aliphatic carbocycles. The molecule has 2 rings (SSSR count). The number of halogens is 1. The Morgan fingerprint density at radius 3 is 2.57 bits per heavy atom. The van der Waals surface area contributed by atoms with E-state index in [2.05, 4.69) is 15.9 Å². The molecule has 5 nitrogen and oxygen atoms in total. The zero-order valence-corrected chi connectivity index (χ0v) is 13.2. The average Bonchev–Trinajstić information content (AvgIpc) is 2.48. The van der Waals surface area contributed by atoms with Gasteiger partial charge in [-0.3, -0.25) is 9.59 Å². The lowest BCUT2D eigenvalue weighted by Crippen LogP contribution is -2.46. The van der Waals surface area contributed by atoms with Crippen molar-refractivity contribution in [1.29, 1.82) is 0 Å². The number of carboxylic acid groups (broad SMARTS) is 1. The standard InChI is InChI=1S/C15H18BrNO4/c16-13-4-2-1-3-11(13)9-14(18)17(10-15(19)20)12-5-7-21-8-6-12/h1-4,12H,5-10H2,(H,19,20). The second kappa shape index (κ2) is 7.56. The van der Waals surface area contributed by atoms with Gasteiger partial charge in [-0.15, -0.1) is 0 Å². The molecular weight excluding hydrogens is 338 g/mol. The van der Waals surface area contributed by atoms with Crippen molar-refractivity contribution >= 4 is 27.8 Å². The minimum atomic E-state index is -0.984. The zero-order valence-electron chi connectivity index (χ0n) is 11.6. The molecule has 21 heavy (non-hydrogen) atoms. The summed E-state index contributed by atoms with van der Waals surface area (Å²) in [5, 5.41) is 9.05. The molecule has 0 spiro atoms. The predicted octanol–water partition coefficient (Wildman–Crippen LogP) is 2.08. The summed E-state index contributed by atoms with van der Waals surface area (Å²) in [4.78, 5) is 25.0. The van der Waals surface area contributed by atoms with E-state index >= 15 is 0 Å². The third-order valence-electron chi connectivity index (χ3n) is 3.56. The fraction of sp³-hybridized carbons (Fsp3) is 0.467. The minimum Gasteiger partial charge on any atom is -0.480 e. The quantitative estimate of drug-likeness (QED) is 0.877. The fourth-order valence-corrected chi connectivity index (χ4v) is 2.89. The van der Waals surface area contributed by atoms with Crippen LogP contribution in [-0.2, 0) is 20.7 Å². The highest BCUT2D eigenvalue weighted by molar-refractivity contribution is 9.10. The Balaban J connectivity index is 2.10. The predicted molar refractivity (Wildman–Crippen MR) is 81.0 cm³/mol. The molecule has 1 N–H and O–H groups in total. The highest BCUT2D eigenvalue weighted by atomic mass is 79.9. The van der Waals surface area contributed by atoms with Crippen molar-refractivity contribution in [1.82, 2.24) is 4.90 Å². The molecule has 1 saturated heterocycles. The van der Waals surface area contributed by atoms with Gasteiger partial charge >= 0.3 is 5.97 Å². The van der Waals surface area contributed by atoms with Crippen LogP contribution in [0, 0.1) is 0 Å². The molecule has 0 aromatic heterocycles. The molecule has 1 fully saturated rings. The van der Waals surface area contributed by atoms with E-state index in [-0.39, 0.29) is 24.9 Å². The van der Waals surface area contributed by atoms with E-state index in [9.17, 15) is 9.59 Å². The van der Waals surface area contributed by atoms with E-state index in [0.717, 1.165) is 10.0 Å². The van der Waals surface area contributed by atoms with E-state index in [1.54, 1.807) is 0 Å².